The fourth-order valence-corrected chi connectivity index (χ4v) is 7.27. The minimum absolute atomic E-state index is 0.111. The summed E-state index contributed by atoms with van der Waals surface area (Å²) in [6, 6.07) is 31.5. The number of ether oxygens (including phenoxy) is 1. The zero-order valence-electron chi connectivity index (χ0n) is 34.8. The van der Waals surface area contributed by atoms with Crippen molar-refractivity contribution in [1.29, 1.82) is 0 Å². The summed E-state index contributed by atoms with van der Waals surface area (Å²) in [4.78, 5) is 0. The lowest BCUT2D eigenvalue weighted by atomic mass is 9.82. The van der Waals surface area contributed by atoms with Gasteiger partial charge in [-0.15, -0.1) is 0 Å². The number of rotatable bonds is 3. The smallest absolute Gasteiger partial charge is 0.135 e. The van der Waals surface area contributed by atoms with Crippen molar-refractivity contribution in [3.05, 3.63) is 170 Å². The van der Waals surface area contributed by atoms with Gasteiger partial charge in [-0.2, -0.15) is 0 Å². The third kappa shape index (κ3) is 3.90. The Hall–Kier alpha value is -6.18. The number of hydrogen-bond donors (Lipinski definition) is 0. The monoisotopic (exact) mass is 606 g/mol. The number of hydrogen-bond acceptors (Lipinski definition) is 1. The Bertz CT molecular complexity index is 3220. The van der Waals surface area contributed by atoms with Gasteiger partial charge in [0.2, 0.25) is 0 Å². The molecule has 0 aromatic heterocycles. The second-order valence-corrected chi connectivity index (χ2v) is 11.7. The van der Waals surface area contributed by atoms with Gasteiger partial charge in [0.25, 0.3) is 0 Å². The summed E-state index contributed by atoms with van der Waals surface area (Å²) >= 11 is 0. The van der Waals surface area contributed by atoms with Crippen molar-refractivity contribution in [2.75, 3.05) is 0 Å². The Labute approximate surface area is 287 Å². The molecular formula is C46H28O. The maximum Gasteiger partial charge on any atom is 0.135 e. The standard InChI is InChI=1S/C46H28O/c1-3-12-29(13-4-1)32-23-26-41-40(28-32)37-21-11-20-36-38(25-27-42(47-41)45(36)37)44-35-19-10-9-18-34(35)43(31-15-5-2-6-16-31)46-33-17-8-7-14-30(33)22-24-39(44)46/h1-28H/i1D,2D,3D,4D,5D,6D,12D,13D,15D,16D. The van der Waals surface area contributed by atoms with Gasteiger partial charge in [-0.25, -0.2) is 0 Å². The minimum Gasteiger partial charge on any atom is -0.456 e. The van der Waals surface area contributed by atoms with Crippen LogP contribution in [-0.4, -0.2) is 0 Å². The zero-order valence-corrected chi connectivity index (χ0v) is 24.8. The highest BCUT2D eigenvalue weighted by atomic mass is 16.5. The normalized spacial score (nSPS) is 15.0. The molecule has 9 aromatic rings. The molecule has 1 heterocycles. The van der Waals surface area contributed by atoms with Gasteiger partial charge in [0, 0.05) is 10.9 Å². The average Bonchev–Trinajstić information content (AvgIpc) is 3.24. The van der Waals surface area contributed by atoms with Gasteiger partial charge in [0.05, 0.1) is 13.7 Å². The lowest BCUT2D eigenvalue weighted by molar-refractivity contribution is 0.487. The van der Waals surface area contributed by atoms with Crippen LogP contribution in [0.1, 0.15) is 13.7 Å². The summed E-state index contributed by atoms with van der Waals surface area (Å²) in [7, 11) is 0. The Morgan fingerprint density at radius 3 is 1.87 bits per heavy atom. The fraction of sp³-hybridized carbons (Fsp3) is 0. The van der Waals surface area contributed by atoms with E-state index in [0.717, 1.165) is 59.8 Å². The molecule has 1 aliphatic heterocycles. The first kappa shape index (κ1) is 18.1. The largest absolute Gasteiger partial charge is 0.456 e. The van der Waals surface area contributed by atoms with E-state index in [1.54, 1.807) is 12.1 Å². The number of benzene rings is 9. The molecule has 0 spiro atoms. The van der Waals surface area contributed by atoms with E-state index in [1.165, 1.54) is 0 Å². The Kier molecular flexibility index (Phi) is 3.91. The van der Waals surface area contributed by atoms with Crippen LogP contribution < -0.4 is 4.74 Å². The van der Waals surface area contributed by atoms with Gasteiger partial charge in [0.1, 0.15) is 11.5 Å². The quantitative estimate of drug-likeness (QED) is 0.144. The van der Waals surface area contributed by atoms with Gasteiger partial charge in [-0.05, 0) is 101 Å². The van der Waals surface area contributed by atoms with Crippen molar-refractivity contribution >= 4 is 43.1 Å². The molecule has 0 bridgehead atoms. The van der Waals surface area contributed by atoms with Crippen molar-refractivity contribution < 1.29 is 18.4 Å². The van der Waals surface area contributed by atoms with Crippen molar-refractivity contribution in [2.45, 2.75) is 0 Å². The summed E-state index contributed by atoms with van der Waals surface area (Å²) in [5.41, 5.74) is 4.66. The minimum atomic E-state index is -0.448. The molecule has 1 nitrogen and oxygen atoms in total. The van der Waals surface area contributed by atoms with Gasteiger partial charge < -0.3 is 4.74 Å². The van der Waals surface area contributed by atoms with Crippen LogP contribution in [0.5, 0.6) is 11.5 Å². The molecular weight excluding hydrogens is 569 g/mol. The van der Waals surface area contributed by atoms with Crippen LogP contribution in [0.4, 0.5) is 0 Å². The van der Waals surface area contributed by atoms with Gasteiger partial charge >= 0.3 is 0 Å². The highest BCUT2D eigenvalue weighted by Gasteiger charge is 2.25. The molecule has 0 unspecified atom stereocenters. The SMILES string of the molecule is [2H]c1c([2H])c([2H])c(-c2ccc3c(c2)-c2cccc4c(-c5c6ccccc6c(-c6c([2H])c([2H])c([2H])c([2H])c6[2H])c6c5ccc5ccccc56)ccc(c24)O3)c([2H])c1[2H]. The third-order valence-electron chi connectivity index (χ3n) is 9.21. The van der Waals surface area contributed by atoms with E-state index in [4.69, 9.17) is 18.4 Å². The molecule has 1 aliphatic rings. The highest BCUT2D eigenvalue weighted by Crippen LogP contribution is 2.52. The molecule has 10 rings (SSSR count). The van der Waals surface area contributed by atoms with Crippen LogP contribution in [0.15, 0.2) is 170 Å². The summed E-state index contributed by atoms with van der Waals surface area (Å²) in [5, 5.41) is 6.73. The van der Waals surface area contributed by atoms with E-state index in [9.17, 15) is 0 Å². The van der Waals surface area contributed by atoms with E-state index in [2.05, 4.69) is 0 Å². The molecule has 0 N–H and O–H groups in total. The highest BCUT2D eigenvalue weighted by molar-refractivity contribution is 6.29. The third-order valence-corrected chi connectivity index (χ3v) is 9.21. The second kappa shape index (κ2) is 10.2. The molecule has 218 valence electrons. The van der Waals surface area contributed by atoms with Gasteiger partial charge in [-0.1, -0.05) is 145 Å². The van der Waals surface area contributed by atoms with Crippen molar-refractivity contribution in [2.24, 2.45) is 0 Å². The molecule has 0 atom stereocenters. The average molecular weight is 607 g/mol. The maximum atomic E-state index is 9.08. The molecule has 0 amide bonds. The van der Waals surface area contributed by atoms with Crippen molar-refractivity contribution in [3.8, 4) is 56.0 Å². The van der Waals surface area contributed by atoms with Crippen LogP contribution in [0.2, 0.25) is 0 Å². The van der Waals surface area contributed by atoms with E-state index < -0.39 is 36.3 Å². The van der Waals surface area contributed by atoms with Crippen LogP contribution in [0.3, 0.4) is 0 Å². The summed E-state index contributed by atoms with van der Waals surface area (Å²) in [5.74, 6) is 1.21. The van der Waals surface area contributed by atoms with Crippen LogP contribution in [0.25, 0.3) is 87.6 Å². The maximum absolute atomic E-state index is 9.08. The predicted molar refractivity (Wildman–Crippen MR) is 198 cm³/mol. The molecule has 47 heavy (non-hydrogen) atoms. The van der Waals surface area contributed by atoms with E-state index in [-0.39, 0.29) is 35.3 Å². The second-order valence-electron chi connectivity index (χ2n) is 11.7. The van der Waals surface area contributed by atoms with Crippen LogP contribution in [0, 0.1) is 0 Å². The molecule has 0 aliphatic carbocycles. The van der Waals surface area contributed by atoms with Crippen LogP contribution >= 0.6 is 0 Å². The van der Waals surface area contributed by atoms with Crippen molar-refractivity contribution in [1.82, 2.24) is 0 Å². The number of fused-ring (bicyclic) bond motifs is 6. The topological polar surface area (TPSA) is 9.23 Å². The molecule has 1 heteroatoms. The molecule has 0 fully saturated rings. The molecule has 9 aromatic carbocycles. The van der Waals surface area contributed by atoms with Gasteiger partial charge in [0.15, 0.2) is 0 Å². The lowest BCUT2D eigenvalue weighted by Gasteiger charge is -2.24. The zero-order chi connectivity index (χ0) is 39.6. The summed E-state index contributed by atoms with van der Waals surface area (Å²) in [6.45, 7) is 0. The fourth-order valence-electron chi connectivity index (χ4n) is 7.27. The molecule has 0 radical (unpaired) electrons. The summed E-state index contributed by atoms with van der Waals surface area (Å²) < 4.78 is 92.1. The predicted octanol–water partition coefficient (Wildman–Crippen LogP) is 13.1. The lowest BCUT2D eigenvalue weighted by Crippen LogP contribution is -1.99. The van der Waals surface area contributed by atoms with E-state index in [1.807, 2.05) is 97.1 Å². The first-order chi connectivity index (χ1) is 27.5. The summed E-state index contributed by atoms with van der Waals surface area (Å²) in [6.07, 6.45) is 0. The van der Waals surface area contributed by atoms with Gasteiger partial charge in [-0.3, -0.25) is 0 Å². The first-order valence-electron chi connectivity index (χ1n) is 20.4. The molecule has 0 saturated heterocycles. The Morgan fingerprint density at radius 1 is 0.383 bits per heavy atom. The van der Waals surface area contributed by atoms with Crippen LogP contribution in [-0.2, 0) is 0 Å². The van der Waals surface area contributed by atoms with E-state index >= 15 is 0 Å². The van der Waals surface area contributed by atoms with Crippen molar-refractivity contribution in [3.63, 3.8) is 0 Å². The first-order valence-corrected chi connectivity index (χ1v) is 15.4. The Balaban J connectivity index is 1.30. The molecule has 0 saturated carbocycles. The van der Waals surface area contributed by atoms with E-state index in [0.29, 0.717) is 28.2 Å². The Morgan fingerprint density at radius 2 is 1.06 bits per heavy atom.